The fourth-order valence-electron chi connectivity index (χ4n) is 2.94. The molecule has 0 spiro atoms. The van der Waals surface area contributed by atoms with Gasteiger partial charge in [0, 0.05) is 37.8 Å². The van der Waals surface area contributed by atoms with Crippen molar-refractivity contribution in [2.24, 2.45) is 0 Å². The van der Waals surface area contributed by atoms with E-state index in [4.69, 9.17) is 0 Å². The second-order valence-electron chi connectivity index (χ2n) is 7.58. The monoisotopic (exact) mass is 398 g/mol. The molecule has 0 aromatic heterocycles. The van der Waals surface area contributed by atoms with Gasteiger partial charge in [-0.05, 0) is 33.8 Å². The molecule has 0 bridgehead atoms. The van der Waals surface area contributed by atoms with Gasteiger partial charge in [0.25, 0.3) is 5.69 Å². The molecule has 10 heteroatoms. The van der Waals surface area contributed by atoms with Crippen molar-refractivity contribution in [3.05, 3.63) is 34.4 Å². The summed E-state index contributed by atoms with van der Waals surface area (Å²) in [4.78, 5) is 24.4. The Bertz CT molecular complexity index is 811. The van der Waals surface area contributed by atoms with Gasteiger partial charge in [-0.3, -0.25) is 19.8 Å². The Balaban J connectivity index is 2.09. The Morgan fingerprint density at radius 1 is 1.19 bits per heavy atom. The number of hydrogen-bond acceptors (Lipinski definition) is 6. The largest absolute Gasteiger partial charge is 0.350 e. The number of hydrogen-bond donors (Lipinski definition) is 1. The molecule has 1 N–H and O–H groups in total. The maximum absolute atomic E-state index is 12.8. The summed E-state index contributed by atoms with van der Waals surface area (Å²) in [6, 6.07) is 4.95. The van der Waals surface area contributed by atoms with Crippen molar-refractivity contribution in [2.75, 3.05) is 26.2 Å². The molecule has 1 saturated heterocycles. The van der Waals surface area contributed by atoms with Crippen molar-refractivity contribution in [1.29, 1.82) is 0 Å². The van der Waals surface area contributed by atoms with Crippen LogP contribution in [0.2, 0.25) is 0 Å². The minimum absolute atomic E-state index is 0.113. The average molecular weight is 398 g/mol. The number of nitro benzene ring substituents is 1. The normalized spacial score (nSPS) is 18.1. The van der Waals surface area contributed by atoms with E-state index in [9.17, 15) is 23.3 Å². The second-order valence-corrected chi connectivity index (χ2v) is 9.49. The second kappa shape index (κ2) is 7.91. The van der Waals surface area contributed by atoms with Gasteiger partial charge in [0.05, 0.1) is 11.0 Å². The zero-order valence-electron chi connectivity index (χ0n) is 16.0. The molecular weight excluding hydrogens is 372 g/mol. The van der Waals surface area contributed by atoms with E-state index in [1.165, 1.54) is 28.6 Å². The lowest BCUT2D eigenvalue weighted by molar-refractivity contribution is -0.387. The molecule has 0 unspecified atom stereocenters. The zero-order valence-corrected chi connectivity index (χ0v) is 16.8. The summed E-state index contributed by atoms with van der Waals surface area (Å²) in [5, 5.41) is 14.1. The van der Waals surface area contributed by atoms with Crippen LogP contribution in [0.25, 0.3) is 0 Å². The molecule has 1 amide bonds. The summed E-state index contributed by atoms with van der Waals surface area (Å²) < 4.78 is 26.9. The van der Waals surface area contributed by atoms with Crippen LogP contribution in [0.5, 0.6) is 0 Å². The van der Waals surface area contributed by atoms with E-state index in [2.05, 4.69) is 5.32 Å². The predicted octanol–water partition coefficient (Wildman–Crippen LogP) is 1.20. The molecule has 1 heterocycles. The Morgan fingerprint density at radius 3 is 2.26 bits per heavy atom. The summed E-state index contributed by atoms with van der Waals surface area (Å²) in [5.74, 6) is -0.113. The number of rotatable bonds is 5. The number of piperazine rings is 1. The number of benzene rings is 1. The van der Waals surface area contributed by atoms with Gasteiger partial charge in [-0.25, -0.2) is 8.42 Å². The van der Waals surface area contributed by atoms with E-state index in [-0.39, 0.29) is 35.5 Å². The van der Waals surface area contributed by atoms with Crippen LogP contribution in [0.3, 0.4) is 0 Å². The molecule has 1 aliphatic heterocycles. The Kier molecular flexibility index (Phi) is 6.23. The van der Waals surface area contributed by atoms with Gasteiger partial charge in [-0.15, -0.1) is 0 Å². The number of para-hydroxylation sites is 1. The molecule has 0 aliphatic carbocycles. The highest BCUT2D eigenvalue weighted by atomic mass is 32.2. The molecular formula is C17H26N4O5S. The van der Waals surface area contributed by atoms with Crippen molar-refractivity contribution >= 4 is 21.6 Å². The SMILES string of the molecule is C[C@@H](C(=O)NC(C)(C)C)N1CCN(S(=O)(=O)c2ccccc2[N+](=O)[O-])CC1. The van der Waals surface area contributed by atoms with Crippen LogP contribution in [0, 0.1) is 10.1 Å². The highest BCUT2D eigenvalue weighted by molar-refractivity contribution is 7.89. The minimum atomic E-state index is -3.97. The van der Waals surface area contributed by atoms with E-state index >= 15 is 0 Å². The molecule has 1 aliphatic rings. The van der Waals surface area contributed by atoms with Crippen LogP contribution in [0.1, 0.15) is 27.7 Å². The summed E-state index contributed by atoms with van der Waals surface area (Å²) in [5.41, 5.74) is -0.777. The van der Waals surface area contributed by atoms with Crippen LogP contribution in [0.15, 0.2) is 29.2 Å². The first-order chi connectivity index (χ1) is 12.4. The zero-order chi connectivity index (χ0) is 20.4. The molecule has 2 rings (SSSR count). The topological polar surface area (TPSA) is 113 Å². The van der Waals surface area contributed by atoms with Crippen LogP contribution < -0.4 is 5.32 Å². The van der Waals surface area contributed by atoms with Gasteiger partial charge in [-0.1, -0.05) is 12.1 Å². The number of carbonyl (C=O) groups excluding carboxylic acids is 1. The predicted molar refractivity (Wildman–Crippen MR) is 101 cm³/mol. The number of carbonyl (C=O) groups is 1. The van der Waals surface area contributed by atoms with Gasteiger partial charge in [0.1, 0.15) is 0 Å². The van der Waals surface area contributed by atoms with Gasteiger partial charge in [0.2, 0.25) is 15.9 Å². The fourth-order valence-corrected chi connectivity index (χ4v) is 4.52. The van der Waals surface area contributed by atoms with Gasteiger partial charge >= 0.3 is 0 Å². The Labute approximate surface area is 159 Å². The number of amides is 1. The van der Waals surface area contributed by atoms with E-state index in [1.807, 2.05) is 25.7 Å². The summed E-state index contributed by atoms with van der Waals surface area (Å²) in [7, 11) is -3.97. The van der Waals surface area contributed by atoms with Crippen molar-refractivity contribution in [3.8, 4) is 0 Å². The summed E-state index contributed by atoms with van der Waals surface area (Å²) >= 11 is 0. The molecule has 150 valence electrons. The van der Waals surface area contributed by atoms with Crippen molar-refractivity contribution in [1.82, 2.24) is 14.5 Å². The molecule has 27 heavy (non-hydrogen) atoms. The standard InChI is InChI=1S/C17H26N4O5S/c1-13(16(22)18-17(2,3)4)19-9-11-20(12-10-19)27(25,26)15-8-6-5-7-14(15)21(23)24/h5-8,13H,9-12H2,1-4H3,(H,18,22)/t13-/m0/s1. The first-order valence-electron chi connectivity index (χ1n) is 8.73. The molecule has 1 fully saturated rings. The number of nitrogens with one attached hydrogen (secondary N) is 1. The van der Waals surface area contributed by atoms with E-state index in [0.717, 1.165) is 0 Å². The molecule has 1 atom stereocenters. The molecule has 0 saturated carbocycles. The first-order valence-corrected chi connectivity index (χ1v) is 10.2. The quantitative estimate of drug-likeness (QED) is 0.589. The highest BCUT2D eigenvalue weighted by Gasteiger charge is 2.35. The van der Waals surface area contributed by atoms with E-state index in [1.54, 1.807) is 6.92 Å². The van der Waals surface area contributed by atoms with Gasteiger partial charge in [0.15, 0.2) is 4.90 Å². The third kappa shape index (κ3) is 5.02. The molecule has 0 radical (unpaired) electrons. The van der Waals surface area contributed by atoms with Crippen LogP contribution >= 0.6 is 0 Å². The lowest BCUT2D eigenvalue weighted by atomic mass is 10.1. The number of sulfonamides is 1. The summed E-state index contributed by atoms with van der Waals surface area (Å²) in [6.07, 6.45) is 0. The maximum Gasteiger partial charge on any atom is 0.289 e. The van der Waals surface area contributed by atoms with Crippen molar-refractivity contribution < 1.29 is 18.1 Å². The van der Waals surface area contributed by atoms with Gasteiger partial charge < -0.3 is 5.32 Å². The smallest absolute Gasteiger partial charge is 0.289 e. The number of nitro groups is 1. The number of nitrogens with zero attached hydrogens (tertiary/aromatic N) is 3. The Morgan fingerprint density at radius 2 is 1.74 bits per heavy atom. The van der Waals surface area contributed by atoms with E-state index in [0.29, 0.717) is 13.1 Å². The van der Waals surface area contributed by atoms with Crippen molar-refractivity contribution in [2.45, 2.75) is 44.2 Å². The van der Waals surface area contributed by atoms with Crippen molar-refractivity contribution in [3.63, 3.8) is 0 Å². The van der Waals surface area contributed by atoms with Crippen LogP contribution in [-0.4, -0.2) is 66.2 Å². The summed E-state index contributed by atoms with van der Waals surface area (Å²) in [6.45, 7) is 8.56. The van der Waals surface area contributed by atoms with Crippen LogP contribution in [-0.2, 0) is 14.8 Å². The van der Waals surface area contributed by atoms with E-state index < -0.39 is 20.6 Å². The lowest BCUT2D eigenvalue weighted by Crippen LogP contribution is -2.56. The molecule has 1 aromatic rings. The first kappa shape index (κ1) is 21.3. The highest BCUT2D eigenvalue weighted by Crippen LogP contribution is 2.27. The average Bonchev–Trinajstić information content (AvgIpc) is 2.59. The van der Waals surface area contributed by atoms with Gasteiger partial charge in [-0.2, -0.15) is 4.31 Å². The Hall–Kier alpha value is -2.04. The lowest BCUT2D eigenvalue weighted by Gasteiger charge is -2.37. The maximum atomic E-state index is 12.8. The third-order valence-electron chi connectivity index (χ3n) is 4.38. The molecule has 9 nitrogen and oxygen atoms in total. The third-order valence-corrected chi connectivity index (χ3v) is 6.32. The molecule has 1 aromatic carbocycles. The minimum Gasteiger partial charge on any atom is -0.350 e. The van der Waals surface area contributed by atoms with Crippen LogP contribution in [0.4, 0.5) is 5.69 Å². The fraction of sp³-hybridized carbons (Fsp3) is 0.588.